The van der Waals surface area contributed by atoms with Crippen molar-refractivity contribution < 1.29 is 9.53 Å². The van der Waals surface area contributed by atoms with Crippen molar-refractivity contribution in [2.75, 3.05) is 26.0 Å². The predicted molar refractivity (Wildman–Crippen MR) is 89.4 cm³/mol. The number of methoxy groups -OCH3 is 1. The van der Waals surface area contributed by atoms with E-state index in [1.807, 2.05) is 60.5 Å². The first-order valence-corrected chi connectivity index (χ1v) is 7.32. The summed E-state index contributed by atoms with van der Waals surface area (Å²) in [5.74, 6) is 0.688. The maximum Gasteiger partial charge on any atom is 0.238 e. The van der Waals surface area contributed by atoms with Gasteiger partial charge in [0.25, 0.3) is 0 Å². The van der Waals surface area contributed by atoms with Crippen LogP contribution in [0.1, 0.15) is 5.56 Å². The molecule has 1 amide bonds. The second-order valence-corrected chi connectivity index (χ2v) is 5.45. The van der Waals surface area contributed by atoms with Crippen LogP contribution in [0.5, 0.6) is 5.75 Å². The number of halogens is 1. The number of nitrogens with zero attached hydrogens (tertiary/aromatic N) is 1. The molecule has 0 unspecified atom stereocenters. The van der Waals surface area contributed by atoms with Crippen LogP contribution >= 0.6 is 11.6 Å². The van der Waals surface area contributed by atoms with E-state index in [1.165, 1.54) is 0 Å². The second-order valence-electron chi connectivity index (χ2n) is 5.04. The number of carbonyl (C=O) groups is 1. The third kappa shape index (κ3) is 4.76. The quantitative estimate of drug-likeness (QED) is 0.887. The van der Waals surface area contributed by atoms with Crippen molar-refractivity contribution in [3.05, 3.63) is 59.1 Å². The fourth-order valence-corrected chi connectivity index (χ4v) is 2.29. The molecule has 0 bridgehead atoms. The zero-order chi connectivity index (χ0) is 15.9. The molecule has 1 N–H and O–H groups in total. The van der Waals surface area contributed by atoms with E-state index in [2.05, 4.69) is 5.32 Å². The lowest BCUT2D eigenvalue weighted by molar-refractivity contribution is -0.117. The van der Waals surface area contributed by atoms with Gasteiger partial charge in [0.05, 0.1) is 13.7 Å². The normalized spacial score (nSPS) is 10.5. The summed E-state index contributed by atoms with van der Waals surface area (Å²) < 4.78 is 5.08. The minimum atomic E-state index is -0.0697. The highest BCUT2D eigenvalue weighted by Crippen LogP contribution is 2.17. The van der Waals surface area contributed by atoms with E-state index in [0.717, 1.165) is 17.0 Å². The molecule has 0 aliphatic heterocycles. The SMILES string of the molecule is COc1ccc(NC(=O)CN(C)Cc2ccccc2Cl)cc1. The van der Waals surface area contributed by atoms with Gasteiger partial charge >= 0.3 is 0 Å². The van der Waals surface area contributed by atoms with Gasteiger partial charge in [0.2, 0.25) is 5.91 Å². The van der Waals surface area contributed by atoms with Crippen molar-refractivity contribution in [2.45, 2.75) is 6.54 Å². The number of hydrogen-bond acceptors (Lipinski definition) is 3. The molecule has 0 atom stereocenters. The Bertz CT molecular complexity index is 629. The number of nitrogens with one attached hydrogen (secondary N) is 1. The molecular formula is C17H19ClN2O2. The minimum absolute atomic E-state index is 0.0697. The number of benzene rings is 2. The summed E-state index contributed by atoms with van der Waals surface area (Å²) in [5, 5.41) is 3.57. The van der Waals surface area contributed by atoms with Crippen LogP contribution < -0.4 is 10.1 Å². The summed E-state index contributed by atoms with van der Waals surface area (Å²) in [7, 11) is 3.49. The van der Waals surface area contributed by atoms with Gasteiger partial charge in [-0.2, -0.15) is 0 Å². The van der Waals surface area contributed by atoms with Crippen LogP contribution in [0.15, 0.2) is 48.5 Å². The minimum Gasteiger partial charge on any atom is -0.497 e. The number of likely N-dealkylation sites (N-methyl/N-ethyl adjacent to an activating group) is 1. The Morgan fingerprint density at radius 1 is 1.18 bits per heavy atom. The first-order valence-electron chi connectivity index (χ1n) is 6.94. The van der Waals surface area contributed by atoms with Crippen molar-refractivity contribution in [1.29, 1.82) is 0 Å². The number of rotatable bonds is 6. The highest BCUT2D eigenvalue weighted by molar-refractivity contribution is 6.31. The molecule has 0 heterocycles. The Morgan fingerprint density at radius 2 is 1.86 bits per heavy atom. The Hall–Kier alpha value is -2.04. The third-order valence-electron chi connectivity index (χ3n) is 3.19. The van der Waals surface area contributed by atoms with E-state index in [0.29, 0.717) is 11.6 Å². The molecule has 0 saturated carbocycles. The van der Waals surface area contributed by atoms with E-state index in [9.17, 15) is 4.79 Å². The van der Waals surface area contributed by atoms with Crippen LogP contribution in [0.4, 0.5) is 5.69 Å². The first-order chi connectivity index (χ1) is 10.6. The van der Waals surface area contributed by atoms with Crippen molar-refractivity contribution in [1.82, 2.24) is 4.90 Å². The van der Waals surface area contributed by atoms with E-state index >= 15 is 0 Å². The topological polar surface area (TPSA) is 41.6 Å². The van der Waals surface area contributed by atoms with Crippen molar-refractivity contribution in [2.24, 2.45) is 0 Å². The Labute approximate surface area is 135 Å². The largest absolute Gasteiger partial charge is 0.497 e. The zero-order valence-corrected chi connectivity index (χ0v) is 13.4. The summed E-state index contributed by atoms with van der Waals surface area (Å²) in [6.07, 6.45) is 0. The third-order valence-corrected chi connectivity index (χ3v) is 3.55. The fourth-order valence-electron chi connectivity index (χ4n) is 2.09. The summed E-state index contributed by atoms with van der Waals surface area (Å²) in [6, 6.07) is 14.9. The molecule has 0 aromatic heterocycles. The van der Waals surface area contributed by atoms with Crippen LogP contribution in [0.3, 0.4) is 0 Å². The summed E-state index contributed by atoms with van der Waals surface area (Å²) in [4.78, 5) is 14.0. The molecule has 2 aromatic rings. The molecule has 0 radical (unpaired) electrons. The summed E-state index contributed by atoms with van der Waals surface area (Å²) >= 11 is 6.12. The van der Waals surface area contributed by atoms with Gasteiger partial charge in [-0.25, -0.2) is 0 Å². The van der Waals surface area contributed by atoms with Gasteiger partial charge < -0.3 is 10.1 Å². The van der Waals surface area contributed by atoms with Crippen LogP contribution in [0.2, 0.25) is 5.02 Å². The molecule has 22 heavy (non-hydrogen) atoms. The number of anilines is 1. The van der Waals surface area contributed by atoms with Gasteiger partial charge in [-0.05, 0) is 42.9 Å². The van der Waals surface area contributed by atoms with Crippen LogP contribution in [-0.4, -0.2) is 31.5 Å². The molecule has 5 heteroatoms. The summed E-state index contributed by atoms with van der Waals surface area (Å²) in [6.45, 7) is 0.910. The Balaban J connectivity index is 1.87. The smallest absolute Gasteiger partial charge is 0.238 e. The number of ether oxygens (including phenoxy) is 1. The van der Waals surface area contributed by atoms with E-state index in [-0.39, 0.29) is 12.5 Å². The average molecular weight is 319 g/mol. The first kappa shape index (κ1) is 16.3. The number of amides is 1. The monoisotopic (exact) mass is 318 g/mol. The zero-order valence-electron chi connectivity index (χ0n) is 12.7. The lowest BCUT2D eigenvalue weighted by Crippen LogP contribution is -2.29. The molecule has 4 nitrogen and oxygen atoms in total. The highest BCUT2D eigenvalue weighted by Gasteiger charge is 2.09. The molecule has 0 spiro atoms. The standard InChI is InChI=1S/C17H19ClN2O2/c1-20(11-13-5-3-4-6-16(13)18)12-17(21)19-14-7-9-15(22-2)10-8-14/h3-10H,11-12H2,1-2H3,(H,19,21). The molecule has 0 saturated heterocycles. The molecule has 0 fully saturated rings. The van der Waals surface area contributed by atoms with Gasteiger partial charge in [0.15, 0.2) is 0 Å². The fraction of sp³-hybridized carbons (Fsp3) is 0.235. The maximum absolute atomic E-state index is 12.0. The molecule has 2 aromatic carbocycles. The average Bonchev–Trinajstić information content (AvgIpc) is 2.50. The predicted octanol–water partition coefficient (Wildman–Crippen LogP) is 3.42. The lowest BCUT2D eigenvalue weighted by Gasteiger charge is -2.17. The molecular weight excluding hydrogens is 300 g/mol. The van der Waals surface area contributed by atoms with Crippen LogP contribution in [0, 0.1) is 0 Å². The molecule has 116 valence electrons. The van der Waals surface area contributed by atoms with Gasteiger partial charge in [0, 0.05) is 17.3 Å². The molecule has 2 rings (SSSR count). The van der Waals surface area contributed by atoms with Gasteiger partial charge in [-0.1, -0.05) is 29.8 Å². The van der Waals surface area contributed by atoms with Gasteiger partial charge in [-0.3, -0.25) is 9.69 Å². The molecule has 0 aliphatic rings. The maximum atomic E-state index is 12.0. The van der Waals surface area contributed by atoms with Gasteiger partial charge in [-0.15, -0.1) is 0 Å². The van der Waals surface area contributed by atoms with Crippen molar-refractivity contribution >= 4 is 23.2 Å². The number of hydrogen-bond donors (Lipinski definition) is 1. The van der Waals surface area contributed by atoms with Crippen molar-refractivity contribution in [3.63, 3.8) is 0 Å². The Morgan fingerprint density at radius 3 is 2.50 bits per heavy atom. The summed E-state index contributed by atoms with van der Waals surface area (Å²) in [5.41, 5.74) is 1.75. The van der Waals surface area contributed by atoms with E-state index < -0.39 is 0 Å². The lowest BCUT2D eigenvalue weighted by atomic mass is 10.2. The molecule has 0 aliphatic carbocycles. The van der Waals surface area contributed by atoms with E-state index in [1.54, 1.807) is 7.11 Å². The Kier molecular flexibility index (Phi) is 5.81. The van der Waals surface area contributed by atoms with E-state index in [4.69, 9.17) is 16.3 Å². The van der Waals surface area contributed by atoms with Gasteiger partial charge in [0.1, 0.15) is 5.75 Å². The van der Waals surface area contributed by atoms with Crippen LogP contribution in [0.25, 0.3) is 0 Å². The van der Waals surface area contributed by atoms with Crippen molar-refractivity contribution in [3.8, 4) is 5.75 Å². The second kappa shape index (κ2) is 7.82. The highest BCUT2D eigenvalue weighted by atomic mass is 35.5. The van der Waals surface area contributed by atoms with Crippen LogP contribution in [-0.2, 0) is 11.3 Å². The number of carbonyl (C=O) groups excluding carboxylic acids is 1.